The molecule has 0 aliphatic heterocycles. The Bertz CT molecular complexity index is 1780. The lowest BCUT2D eigenvalue weighted by molar-refractivity contribution is -0.153. The van der Waals surface area contributed by atoms with Crippen LogP contribution in [0.4, 0.5) is 17.6 Å². The predicted molar refractivity (Wildman–Crippen MR) is 151 cm³/mol. The molecule has 0 spiro atoms. The third-order valence-electron chi connectivity index (χ3n) is 7.73. The number of nitrogens with zero attached hydrogens (tertiary/aromatic N) is 1. The summed E-state index contributed by atoms with van der Waals surface area (Å²) in [7, 11) is -4.21. The number of hydrogen-bond donors (Lipinski definition) is 1. The second-order valence-corrected chi connectivity index (χ2v) is 13.0. The van der Waals surface area contributed by atoms with E-state index in [1.54, 1.807) is 56.3 Å². The molecule has 1 heterocycles. The molecular weight excluding hydrogens is 586 g/mol. The fraction of sp³-hybridized carbons (Fsp3) is 0.281. The molecule has 3 aromatic carbocycles. The van der Waals surface area contributed by atoms with E-state index in [0.717, 1.165) is 22.0 Å². The Morgan fingerprint density at radius 2 is 1.53 bits per heavy atom. The molecule has 1 N–H and O–H groups in total. The van der Waals surface area contributed by atoms with E-state index in [0.29, 0.717) is 46.2 Å². The van der Waals surface area contributed by atoms with Crippen LogP contribution >= 0.6 is 0 Å². The zero-order valence-electron chi connectivity index (χ0n) is 23.6. The van der Waals surface area contributed by atoms with Gasteiger partial charge in [-0.3, -0.25) is 4.79 Å². The van der Waals surface area contributed by atoms with Gasteiger partial charge in [0.1, 0.15) is 11.6 Å². The van der Waals surface area contributed by atoms with Crippen LogP contribution in [0.25, 0.3) is 11.1 Å². The van der Waals surface area contributed by atoms with Gasteiger partial charge in [-0.05, 0) is 97.3 Å². The first-order valence-electron chi connectivity index (χ1n) is 13.5. The maximum absolute atomic E-state index is 14.5. The average molecular weight is 616 g/mol. The van der Waals surface area contributed by atoms with Crippen LogP contribution in [0.2, 0.25) is 0 Å². The first kappa shape index (κ1) is 30.5. The Kier molecular flexibility index (Phi) is 7.77. The Morgan fingerprint density at radius 3 is 2.07 bits per heavy atom. The maximum Gasteiger partial charge on any atom is 0.449 e. The average Bonchev–Trinajstić information content (AvgIpc) is 3.59. The molecule has 1 fully saturated rings. The summed E-state index contributed by atoms with van der Waals surface area (Å²) < 4.78 is 88.1. The van der Waals surface area contributed by atoms with Crippen molar-refractivity contribution in [1.29, 1.82) is 0 Å². The highest BCUT2D eigenvalue weighted by atomic mass is 32.2. The van der Waals surface area contributed by atoms with Crippen molar-refractivity contribution < 1.29 is 40.3 Å². The molecule has 226 valence electrons. The van der Waals surface area contributed by atoms with Gasteiger partial charge in [-0.15, -0.1) is 0 Å². The Hall–Kier alpha value is -3.96. The van der Waals surface area contributed by atoms with Gasteiger partial charge in [0.15, 0.2) is 0 Å². The molecule has 1 aliphatic rings. The summed E-state index contributed by atoms with van der Waals surface area (Å²) in [5, 5.41) is 9.63. The van der Waals surface area contributed by atoms with E-state index < -0.39 is 45.7 Å². The van der Waals surface area contributed by atoms with Gasteiger partial charge in [-0.2, -0.15) is 17.5 Å². The molecule has 43 heavy (non-hydrogen) atoms. The summed E-state index contributed by atoms with van der Waals surface area (Å²) in [4.78, 5) is 11.8. The predicted octanol–water partition coefficient (Wildman–Crippen LogP) is 7.54. The number of carboxylic acid groups (broad SMARTS) is 1. The molecular formula is C32H29F4NO5S. The standard InChI is InChI=1S/C32H29F4NO5S/c1-19-12-20(2)29(21(3)13-19)43(40,41)37(18-27-8-9-28(42-27)32(34,35)36)17-22-4-6-23(7-5-22)24-14-25(16-26(33)15-24)31(10-11-31)30(38)39/h4-9,12-16H,10-11,17-18H2,1-3H3,(H,38,39). The molecule has 0 saturated heterocycles. The fourth-order valence-electron chi connectivity index (χ4n) is 5.51. The smallest absolute Gasteiger partial charge is 0.449 e. The summed E-state index contributed by atoms with van der Waals surface area (Å²) >= 11 is 0. The van der Waals surface area contributed by atoms with Gasteiger partial charge in [-0.25, -0.2) is 12.8 Å². The van der Waals surface area contributed by atoms with Crippen molar-refractivity contribution in [2.24, 2.45) is 0 Å². The van der Waals surface area contributed by atoms with Crippen molar-refractivity contribution >= 4 is 16.0 Å². The number of alkyl halides is 3. The first-order chi connectivity index (χ1) is 20.1. The van der Waals surface area contributed by atoms with Crippen molar-refractivity contribution in [3.05, 3.63) is 112 Å². The van der Waals surface area contributed by atoms with Crippen molar-refractivity contribution in [3.8, 4) is 11.1 Å². The number of furan rings is 1. The van der Waals surface area contributed by atoms with Crippen LogP contribution in [-0.4, -0.2) is 23.8 Å². The van der Waals surface area contributed by atoms with E-state index in [2.05, 4.69) is 0 Å². The van der Waals surface area contributed by atoms with E-state index in [1.807, 2.05) is 6.92 Å². The quantitative estimate of drug-likeness (QED) is 0.197. The highest BCUT2D eigenvalue weighted by Crippen LogP contribution is 2.49. The van der Waals surface area contributed by atoms with Crippen molar-refractivity contribution in [1.82, 2.24) is 4.31 Å². The lowest BCUT2D eigenvalue weighted by Crippen LogP contribution is -2.31. The summed E-state index contributed by atoms with van der Waals surface area (Å²) in [6.07, 6.45) is -3.87. The van der Waals surface area contributed by atoms with E-state index in [-0.39, 0.29) is 17.2 Å². The van der Waals surface area contributed by atoms with Gasteiger partial charge < -0.3 is 9.52 Å². The minimum Gasteiger partial charge on any atom is -0.481 e. The van der Waals surface area contributed by atoms with Crippen LogP contribution in [0.3, 0.4) is 0 Å². The molecule has 0 unspecified atom stereocenters. The van der Waals surface area contributed by atoms with E-state index in [4.69, 9.17) is 4.42 Å². The lowest BCUT2D eigenvalue weighted by atomic mass is 9.92. The summed E-state index contributed by atoms with van der Waals surface area (Å²) in [6.45, 7) is 4.53. The number of hydrogen-bond acceptors (Lipinski definition) is 4. The monoisotopic (exact) mass is 615 g/mol. The second-order valence-electron chi connectivity index (χ2n) is 11.1. The van der Waals surface area contributed by atoms with Crippen LogP contribution in [-0.2, 0) is 39.5 Å². The number of benzene rings is 3. The zero-order valence-corrected chi connectivity index (χ0v) is 24.4. The van der Waals surface area contributed by atoms with Gasteiger partial charge in [-0.1, -0.05) is 42.0 Å². The highest BCUT2D eigenvalue weighted by Gasteiger charge is 2.52. The van der Waals surface area contributed by atoms with Crippen molar-refractivity contribution in [3.63, 3.8) is 0 Å². The summed E-state index contributed by atoms with van der Waals surface area (Å²) in [6, 6.07) is 16.1. The highest BCUT2D eigenvalue weighted by molar-refractivity contribution is 7.89. The lowest BCUT2D eigenvalue weighted by Gasteiger charge is -2.24. The van der Waals surface area contributed by atoms with E-state index >= 15 is 0 Å². The SMILES string of the molecule is Cc1cc(C)c(S(=O)(=O)N(Cc2ccc(-c3cc(F)cc(C4(C(=O)O)CC4)c3)cc2)Cc2ccc(C(F)(F)F)o2)c(C)c1. The van der Waals surface area contributed by atoms with Gasteiger partial charge >= 0.3 is 12.1 Å². The molecule has 4 aromatic rings. The summed E-state index contributed by atoms with van der Waals surface area (Å²) in [5.74, 6) is -2.97. The molecule has 1 aromatic heterocycles. The van der Waals surface area contributed by atoms with E-state index in [1.165, 1.54) is 12.1 Å². The number of aliphatic carboxylic acids is 1. The number of aryl methyl sites for hydroxylation is 3. The molecule has 11 heteroatoms. The normalized spacial score (nSPS) is 14.7. The molecule has 0 atom stereocenters. The van der Waals surface area contributed by atoms with Crippen LogP contribution < -0.4 is 0 Å². The van der Waals surface area contributed by atoms with Gasteiger partial charge in [0, 0.05) is 6.54 Å². The van der Waals surface area contributed by atoms with Crippen LogP contribution in [0.1, 0.15) is 52.2 Å². The molecule has 1 aliphatic carbocycles. The number of carboxylic acids is 1. The minimum absolute atomic E-state index is 0.0667. The van der Waals surface area contributed by atoms with Crippen molar-refractivity contribution in [2.75, 3.05) is 0 Å². The third-order valence-corrected chi connectivity index (χ3v) is 9.83. The van der Waals surface area contributed by atoms with Crippen LogP contribution in [0.5, 0.6) is 0 Å². The number of carbonyl (C=O) groups is 1. The van der Waals surface area contributed by atoms with Gasteiger partial charge in [0.25, 0.3) is 0 Å². The largest absolute Gasteiger partial charge is 0.481 e. The number of halogens is 4. The molecule has 0 bridgehead atoms. The molecule has 5 rings (SSSR count). The molecule has 6 nitrogen and oxygen atoms in total. The summed E-state index contributed by atoms with van der Waals surface area (Å²) in [5.41, 5.74) is 2.76. The first-order valence-corrected chi connectivity index (χ1v) is 14.9. The second kappa shape index (κ2) is 10.9. The number of sulfonamides is 1. The Labute approximate surface area is 246 Å². The zero-order chi connectivity index (χ0) is 31.3. The molecule has 0 radical (unpaired) electrons. The van der Waals surface area contributed by atoms with Gasteiger partial charge in [0.2, 0.25) is 15.8 Å². The van der Waals surface area contributed by atoms with Crippen LogP contribution in [0.15, 0.2) is 76.0 Å². The number of rotatable bonds is 9. The fourth-order valence-corrected chi connectivity index (χ4v) is 7.31. The van der Waals surface area contributed by atoms with Gasteiger partial charge in [0.05, 0.1) is 16.9 Å². The van der Waals surface area contributed by atoms with Crippen molar-refractivity contribution in [2.45, 2.75) is 63.2 Å². The van der Waals surface area contributed by atoms with Crippen LogP contribution in [0, 0.1) is 26.6 Å². The topological polar surface area (TPSA) is 87.8 Å². The third kappa shape index (κ3) is 6.09. The van der Waals surface area contributed by atoms with E-state index in [9.17, 15) is 35.9 Å². The maximum atomic E-state index is 14.5. The minimum atomic E-state index is -4.72. The Balaban J connectivity index is 1.48. The molecule has 1 saturated carbocycles. The Morgan fingerprint density at radius 1 is 0.907 bits per heavy atom. The molecule has 0 amide bonds.